The van der Waals surface area contributed by atoms with Gasteiger partial charge in [-0.3, -0.25) is 15.0 Å². The zero-order chi connectivity index (χ0) is 26.2. The van der Waals surface area contributed by atoms with E-state index in [1.165, 1.54) is 11.1 Å². The molecular weight excluding hydrogens is 494 g/mol. The van der Waals surface area contributed by atoms with Crippen LogP contribution < -0.4 is 15.5 Å². The molecule has 1 saturated heterocycles. The predicted octanol–water partition coefficient (Wildman–Crippen LogP) is 3.65. The highest BCUT2D eigenvalue weighted by atomic mass is 32.2. The van der Waals surface area contributed by atoms with E-state index in [0.29, 0.717) is 67.4 Å². The highest BCUT2D eigenvalue weighted by Crippen LogP contribution is 2.29. The monoisotopic (exact) mass is 523 g/mol. The molecule has 1 fully saturated rings. The number of nitrogens with one attached hydrogen (secondary N) is 2. The SMILES string of the molecule is CSCCNc1cc(NC(=O)N2CCCc3cc(CN4CCCCOC4=O)c(C=O)nc32)ncc1C#N. The Labute approximate surface area is 219 Å². The van der Waals surface area contributed by atoms with Gasteiger partial charge in [0.2, 0.25) is 0 Å². The average Bonchev–Trinajstić information content (AvgIpc) is 3.11. The Kier molecular flexibility index (Phi) is 8.79. The van der Waals surface area contributed by atoms with E-state index >= 15 is 0 Å². The molecule has 0 aliphatic carbocycles. The minimum Gasteiger partial charge on any atom is -0.449 e. The molecule has 12 heteroatoms. The number of hydrogen-bond donors (Lipinski definition) is 2. The number of aryl methyl sites for hydroxylation is 1. The van der Waals surface area contributed by atoms with Crippen molar-refractivity contribution in [2.24, 2.45) is 0 Å². The van der Waals surface area contributed by atoms with Gasteiger partial charge in [-0.1, -0.05) is 0 Å². The van der Waals surface area contributed by atoms with E-state index in [1.54, 1.807) is 22.7 Å². The largest absolute Gasteiger partial charge is 0.449 e. The molecule has 2 aromatic heterocycles. The van der Waals surface area contributed by atoms with Gasteiger partial charge in [0.05, 0.1) is 24.4 Å². The number of anilines is 3. The molecule has 11 nitrogen and oxygen atoms in total. The maximum atomic E-state index is 13.2. The molecule has 0 saturated carbocycles. The second-order valence-electron chi connectivity index (χ2n) is 8.71. The predicted molar refractivity (Wildman–Crippen MR) is 141 cm³/mol. The Balaban J connectivity index is 1.54. The zero-order valence-corrected chi connectivity index (χ0v) is 21.5. The van der Waals surface area contributed by atoms with Crippen molar-refractivity contribution in [1.82, 2.24) is 14.9 Å². The summed E-state index contributed by atoms with van der Waals surface area (Å²) in [6.45, 7) is 2.26. The van der Waals surface area contributed by atoms with Crippen molar-refractivity contribution in [1.29, 1.82) is 5.26 Å². The van der Waals surface area contributed by atoms with Gasteiger partial charge >= 0.3 is 12.1 Å². The van der Waals surface area contributed by atoms with E-state index in [9.17, 15) is 19.6 Å². The lowest BCUT2D eigenvalue weighted by Crippen LogP contribution is -2.40. The van der Waals surface area contributed by atoms with Crippen molar-refractivity contribution in [3.05, 3.63) is 40.7 Å². The third kappa shape index (κ3) is 6.29. The standard InChI is InChI=1S/C25H29N7O4S/c1-37-10-6-27-20-12-22(28-14-19(20)13-26)30-24(34)32-8-4-5-17-11-18(21(16-33)29-23(17)32)15-31-7-2-3-9-36-25(31)35/h11-12,14,16H,2-10,15H2,1H3,(H2,27,28,30,34). The van der Waals surface area contributed by atoms with Crippen LogP contribution in [0.5, 0.6) is 0 Å². The minimum atomic E-state index is -0.429. The Morgan fingerprint density at radius 1 is 1.30 bits per heavy atom. The van der Waals surface area contributed by atoms with Crippen LogP contribution in [-0.4, -0.2) is 71.5 Å². The Morgan fingerprint density at radius 3 is 2.95 bits per heavy atom. The van der Waals surface area contributed by atoms with Crippen molar-refractivity contribution >= 4 is 47.5 Å². The van der Waals surface area contributed by atoms with E-state index in [-0.39, 0.29) is 12.2 Å². The summed E-state index contributed by atoms with van der Waals surface area (Å²) >= 11 is 1.68. The molecule has 0 unspecified atom stereocenters. The Bertz CT molecular complexity index is 1220. The number of rotatable bonds is 8. The number of nitriles is 1. The number of pyridine rings is 2. The fraction of sp³-hybridized carbons (Fsp3) is 0.440. The molecule has 0 aromatic carbocycles. The first-order valence-electron chi connectivity index (χ1n) is 12.1. The minimum absolute atomic E-state index is 0.187. The van der Waals surface area contributed by atoms with Crippen LogP contribution >= 0.6 is 11.8 Å². The number of thioether (sulfide) groups is 1. The molecule has 2 N–H and O–H groups in total. The summed E-state index contributed by atoms with van der Waals surface area (Å²) in [4.78, 5) is 49.2. The quantitative estimate of drug-likeness (QED) is 0.392. The summed E-state index contributed by atoms with van der Waals surface area (Å²) in [5.41, 5.74) is 2.63. The molecular formula is C25H29N7O4S. The van der Waals surface area contributed by atoms with Crippen LogP contribution in [-0.2, 0) is 17.7 Å². The zero-order valence-electron chi connectivity index (χ0n) is 20.7. The van der Waals surface area contributed by atoms with Crippen LogP contribution in [0.25, 0.3) is 0 Å². The van der Waals surface area contributed by atoms with Gasteiger partial charge < -0.3 is 15.0 Å². The van der Waals surface area contributed by atoms with Gasteiger partial charge in [-0.2, -0.15) is 17.0 Å². The summed E-state index contributed by atoms with van der Waals surface area (Å²) < 4.78 is 5.22. The van der Waals surface area contributed by atoms with Gasteiger partial charge in [0, 0.05) is 43.2 Å². The highest BCUT2D eigenvalue weighted by Gasteiger charge is 2.27. The van der Waals surface area contributed by atoms with Crippen LogP contribution in [0.2, 0.25) is 0 Å². The maximum Gasteiger partial charge on any atom is 0.410 e. The second-order valence-corrected chi connectivity index (χ2v) is 9.69. The summed E-state index contributed by atoms with van der Waals surface area (Å²) in [5, 5.41) is 15.4. The van der Waals surface area contributed by atoms with Crippen LogP contribution in [0.1, 0.15) is 46.4 Å². The third-order valence-electron chi connectivity index (χ3n) is 6.18. The number of fused-ring (bicyclic) bond motifs is 1. The topological polar surface area (TPSA) is 141 Å². The van der Waals surface area contributed by atoms with E-state index in [0.717, 1.165) is 30.6 Å². The molecule has 0 radical (unpaired) electrons. The smallest absolute Gasteiger partial charge is 0.410 e. The number of carbonyl (C=O) groups is 3. The number of carbonyl (C=O) groups excluding carboxylic acids is 3. The maximum absolute atomic E-state index is 13.2. The summed E-state index contributed by atoms with van der Waals surface area (Å²) in [5.74, 6) is 1.58. The van der Waals surface area contributed by atoms with Crippen LogP contribution in [0.3, 0.4) is 0 Å². The number of hydrogen-bond acceptors (Lipinski definition) is 9. The Hall–Kier alpha value is -3.85. The summed E-state index contributed by atoms with van der Waals surface area (Å²) in [6.07, 6.45) is 6.72. The number of cyclic esters (lactones) is 1. The van der Waals surface area contributed by atoms with Gasteiger partial charge in [-0.05, 0) is 43.6 Å². The van der Waals surface area contributed by atoms with E-state index in [2.05, 4.69) is 26.7 Å². The number of nitrogens with zero attached hydrogens (tertiary/aromatic N) is 5. The van der Waals surface area contributed by atoms with E-state index in [1.807, 2.05) is 12.3 Å². The first kappa shape index (κ1) is 26.2. The molecule has 2 aliphatic heterocycles. The number of aromatic nitrogens is 2. The fourth-order valence-corrected chi connectivity index (χ4v) is 4.61. The average molecular weight is 524 g/mol. The molecule has 4 rings (SSSR count). The van der Waals surface area contributed by atoms with Gasteiger partial charge in [0.15, 0.2) is 6.29 Å². The number of ether oxygens (including phenoxy) is 1. The van der Waals surface area contributed by atoms with Crippen molar-refractivity contribution < 1.29 is 19.1 Å². The fourth-order valence-electron chi connectivity index (χ4n) is 4.30. The molecule has 2 aliphatic rings. The van der Waals surface area contributed by atoms with Gasteiger partial charge in [0.25, 0.3) is 0 Å². The number of urea groups is 1. The van der Waals surface area contributed by atoms with Crippen molar-refractivity contribution in [2.75, 3.05) is 53.8 Å². The van der Waals surface area contributed by atoms with Crippen molar-refractivity contribution in [3.8, 4) is 6.07 Å². The first-order valence-corrected chi connectivity index (χ1v) is 13.5. The second kappa shape index (κ2) is 12.4. The molecule has 194 valence electrons. The van der Waals surface area contributed by atoms with Crippen molar-refractivity contribution in [3.63, 3.8) is 0 Å². The molecule has 0 atom stereocenters. The molecule has 3 amide bonds. The molecule has 0 spiro atoms. The molecule has 0 bridgehead atoms. The van der Waals surface area contributed by atoms with Crippen LogP contribution in [0.15, 0.2) is 18.3 Å². The molecule has 37 heavy (non-hydrogen) atoms. The van der Waals surface area contributed by atoms with Crippen molar-refractivity contribution in [2.45, 2.75) is 32.2 Å². The highest BCUT2D eigenvalue weighted by molar-refractivity contribution is 7.98. The summed E-state index contributed by atoms with van der Waals surface area (Å²) in [7, 11) is 0. The third-order valence-corrected chi connectivity index (χ3v) is 6.79. The van der Waals surface area contributed by atoms with E-state index < -0.39 is 12.1 Å². The van der Waals surface area contributed by atoms with Crippen LogP contribution in [0, 0.1) is 11.3 Å². The lowest BCUT2D eigenvalue weighted by atomic mass is 10.0. The molecule has 4 heterocycles. The van der Waals surface area contributed by atoms with Gasteiger partial charge in [-0.15, -0.1) is 0 Å². The first-order chi connectivity index (χ1) is 18.0. The van der Waals surface area contributed by atoms with E-state index in [4.69, 9.17) is 4.74 Å². The molecule has 2 aromatic rings. The Morgan fingerprint density at radius 2 is 2.16 bits per heavy atom. The van der Waals surface area contributed by atoms with Gasteiger partial charge in [-0.25, -0.2) is 19.6 Å². The summed E-state index contributed by atoms with van der Waals surface area (Å²) in [6, 6.07) is 5.17. The lowest BCUT2D eigenvalue weighted by molar-refractivity contribution is 0.109. The lowest BCUT2D eigenvalue weighted by Gasteiger charge is -2.29. The van der Waals surface area contributed by atoms with Crippen LogP contribution in [0.4, 0.5) is 26.9 Å². The number of aldehydes is 1. The normalized spacial score (nSPS) is 15.2. The number of amides is 3. The van der Waals surface area contributed by atoms with Gasteiger partial charge in [0.1, 0.15) is 23.4 Å².